The highest BCUT2D eigenvalue weighted by molar-refractivity contribution is 5.80. The number of pyridine rings is 1. The van der Waals surface area contributed by atoms with Crippen LogP contribution in [0.1, 0.15) is 30.7 Å². The second-order valence-electron chi connectivity index (χ2n) is 6.86. The van der Waals surface area contributed by atoms with Crippen molar-refractivity contribution in [2.24, 2.45) is 0 Å². The minimum atomic E-state index is -0.385. The van der Waals surface area contributed by atoms with Gasteiger partial charge in [0.1, 0.15) is 6.10 Å². The van der Waals surface area contributed by atoms with Crippen molar-refractivity contribution in [1.29, 1.82) is 0 Å². The number of hydrogen-bond acceptors (Lipinski definition) is 6. The number of ether oxygens (including phenoxy) is 1. The fraction of sp³-hybridized carbons (Fsp3) is 0.474. The first-order chi connectivity index (χ1) is 12.7. The zero-order valence-electron chi connectivity index (χ0n) is 14.8. The van der Waals surface area contributed by atoms with E-state index in [2.05, 4.69) is 25.4 Å². The van der Waals surface area contributed by atoms with E-state index >= 15 is 0 Å². The maximum absolute atomic E-state index is 12.4. The van der Waals surface area contributed by atoms with Crippen LogP contribution in [0.25, 0.3) is 0 Å². The summed E-state index contributed by atoms with van der Waals surface area (Å²) in [5, 5.41) is 11.4. The molecular weight excluding hydrogens is 330 g/mol. The van der Waals surface area contributed by atoms with E-state index in [1.54, 1.807) is 6.20 Å². The lowest BCUT2D eigenvalue weighted by atomic mass is 9.98. The van der Waals surface area contributed by atoms with Crippen LogP contribution in [-0.2, 0) is 16.1 Å². The molecule has 1 amide bonds. The molecule has 0 bridgehead atoms. The number of amides is 1. The van der Waals surface area contributed by atoms with Gasteiger partial charge in [-0.25, -0.2) is 0 Å². The van der Waals surface area contributed by atoms with Gasteiger partial charge >= 0.3 is 0 Å². The SMILES string of the molecule is Cc1ccc(N2CC[C@H]3O[C@H](C(=O)NCc4ccccn4)CC[C@H]32)nn1. The quantitative estimate of drug-likeness (QED) is 0.900. The van der Waals surface area contributed by atoms with Crippen molar-refractivity contribution in [2.75, 3.05) is 11.4 Å². The fourth-order valence-electron chi connectivity index (χ4n) is 3.74. The van der Waals surface area contributed by atoms with Gasteiger partial charge in [-0.15, -0.1) is 5.10 Å². The van der Waals surface area contributed by atoms with Crippen LogP contribution in [0.3, 0.4) is 0 Å². The molecule has 4 rings (SSSR count). The van der Waals surface area contributed by atoms with Crippen LogP contribution in [0.5, 0.6) is 0 Å². The van der Waals surface area contributed by atoms with Gasteiger partial charge in [-0.1, -0.05) is 6.07 Å². The summed E-state index contributed by atoms with van der Waals surface area (Å²) in [5.74, 6) is 0.840. The Morgan fingerprint density at radius 1 is 1.23 bits per heavy atom. The van der Waals surface area contributed by atoms with Gasteiger partial charge in [-0.05, 0) is 50.5 Å². The standard InChI is InChI=1S/C19H23N5O2/c1-13-5-8-18(23-22-13)24-11-9-16-15(24)6-7-17(26-16)19(25)21-12-14-4-2-3-10-20-14/h2-5,8,10,15-17H,6-7,9,11-12H2,1H3,(H,21,25)/t15-,16-,17+/m1/s1. The lowest BCUT2D eigenvalue weighted by molar-refractivity contribution is -0.141. The minimum Gasteiger partial charge on any atom is -0.363 e. The van der Waals surface area contributed by atoms with Crippen LogP contribution < -0.4 is 10.2 Å². The Morgan fingerprint density at radius 3 is 2.92 bits per heavy atom. The van der Waals surface area contributed by atoms with E-state index in [9.17, 15) is 4.79 Å². The number of aryl methyl sites for hydroxylation is 1. The normalized spacial score (nSPS) is 25.0. The largest absolute Gasteiger partial charge is 0.363 e. The molecule has 2 aromatic heterocycles. The van der Waals surface area contributed by atoms with Crippen molar-refractivity contribution in [2.45, 2.75) is 51.0 Å². The maximum Gasteiger partial charge on any atom is 0.249 e. The van der Waals surface area contributed by atoms with Gasteiger partial charge in [0.05, 0.1) is 30.1 Å². The van der Waals surface area contributed by atoms with E-state index in [1.807, 2.05) is 37.3 Å². The molecule has 0 radical (unpaired) electrons. The van der Waals surface area contributed by atoms with Gasteiger partial charge in [0, 0.05) is 12.7 Å². The number of carbonyl (C=O) groups excluding carboxylic acids is 1. The molecule has 0 saturated carbocycles. The molecule has 0 unspecified atom stereocenters. The maximum atomic E-state index is 12.4. The number of aromatic nitrogens is 3. The van der Waals surface area contributed by atoms with Crippen molar-refractivity contribution in [3.05, 3.63) is 47.9 Å². The summed E-state index contributed by atoms with van der Waals surface area (Å²) in [6.07, 6.45) is 3.95. The van der Waals surface area contributed by atoms with Crippen LogP contribution in [0.15, 0.2) is 36.5 Å². The third-order valence-corrected chi connectivity index (χ3v) is 5.09. The summed E-state index contributed by atoms with van der Waals surface area (Å²) in [6, 6.07) is 9.93. The molecule has 7 heteroatoms. The van der Waals surface area contributed by atoms with Gasteiger partial charge < -0.3 is 15.0 Å². The molecule has 2 aromatic rings. The topological polar surface area (TPSA) is 80.2 Å². The molecule has 7 nitrogen and oxygen atoms in total. The van der Waals surface area contributed by atoms with Crippen LogP contribution in [-0.4, -0.2) is 45.9 Å². The highest BCUT2D eigenvalue weighted by Crippen LogP contribution is 2.33. The number of nitrogens with zero attached hydrogens (tertiary/aromatic N) is 4. The summed E-state index contributed by atoms with van der Waals surface area (Å²) in [5.41, 5.74) is 1.76. The molecule has 1 N–H and O–H groups in total. The van der Waals surface area contributed by atoms with Crippen molar-refractivity contribution < 1.29 is 9.53 Å². The van der Waals surface area contributed by atoms with Crippen molar-refractivity contribution in [3.8, 4) is 0 Å². The molecule has 3 atom stereocenters. The molecule has 136 valence electrons. The first-order valence-electron chi connectivity index (χ1n) is 9.11. The van der Waals surface area contributed by atoms with Gasteiger partial charge in [-0.2, -0.15) is 5.10 Å². The molecular formula is C19H23N5O2. The van der Waals surface area contributed by atoms with Gasteiger partial charge in [0.25, 0.3) is 0 Å². The Labute approximate surface area is 152 Å². The second kappa shape index (κ2) is 7.37. The summed E-state index contributed by atoms with van der Waals surface area (Å²) in [7, 11) is 0. The Balaban J connectivity index is 1.34. The van der Waals surface area contributed by atoms with Crippen LogP contribution in [0.2, 0.25) is 0 Å². The zero-order valence-corrected chi connectivity index (χ0v) is 14.8. The Bertz CT molecular complexity index is 752. The predicted molar refractivity (Wildman–Crippen MR) is 96.5 cm³/mol. The minimum absolute atomic E-state index is 0.0531. The van der Waals surface area contributed by atoms with Gasteiger partial charge in [-0.3, -0.25) is 9.78 Å². The number of anilines is 1. The first-order valence-corrected chi connectivity index (χ1v) is 9.11. The monoisotopic (exact) mass is 353 g/mol. The lowest BCUT2D eigenvalue weighted by Crippen LogP contribution is -2.48. The van der Waals surface area contributed by atoms with E-state index < -0.39 is 0 Å². The molecule has 26 heavy (non-hydrogen) atoms. The highest BCUT2D eigenvalue weighted by Gasteiger charge is 2.42. The third-order valence-electron chi connectivity index (χ3n) is 5.09. The fourth-order valence-corrected chi connectivity index (χ4v) is 3.74. The summed E-state index contributed by atoms with van der Waals surface area (Å²) in [6.45, 7) is 3.25. The Hall–Kier alpha value is -2.54. The Kier molecular flexibility index (Phi) is 4.79. The Morgan fingerprint density at radius 2 is 2.15 bits per heavy atom. The smallest absolute Gasteiger partial charge is 0.249 e. The summed E-state index contributed by atoms with van der Waals surface area (Å²) >= 11 is 0. The van der Waals surface area contributed by atoms with Crippen molar-refractivity contribution in [3.63, 3.8) is 0 Å². The molecule has 2 aliphatic rings. The van der Waals surface area contributed by atoms with E-state index in [0.29, 0.717) is 13.0 Å². The average Bonchev–Trinajstić information content (AvgIpc) is 3.11. The molecule has 2 fully saturated rings. The van der Waals surface area contributed by atoms with E-state index in [1.165, 1.54) is 0 Å². The summed E-state index contributed by atoms with van der Waals surface area (Å²) in [4.78, 5) is 18.9. The highest BCUT2D eigenvalue weighted by atomic mass is 16.5. The molecule has 0 spiro atoms. The lowest BCUT2D eigenvalue weighted by Gasteiger charge is -2.35. The van der Waals surface area contributed by atoms with Crippen LogP contribution >= 0.6 is 0 Å². The average molecular weight is 353 g/mol. The third kappa shape index (κ3) is 3.53. The number of nitrogens with one attached hydrogen (secondary N) is 1. The van der Waals surface area contributed by atoms with Crippen LogP contribution in [0.4, 0.5) is 5.82 Å². The van der Waals surface area contributed by atoms with E-state index in [0.717, 1.165) is 36.6 Å². The summed E-state index contributed by atoms with van der Waals surface area (Å²) < 4.78 is 6.11. The first kappa shape index (κ1) is 16.9. The molecule has 2 aliphatic heterocycles. The second-order valence-corrected chi connectivity index (χ2v) is 6.86. The molecule has 0 aliphatic carbocycles. The number of rotatable bonds is 4. The number of carbonyl (C=O) groups is 1. The molecule has 2 saturated heterocycles. The molecule has 4 heterocycles. The molecule has 0 aromatic carbocycles. The number of hydrogen-bond donors (Lipinski definition) is 1. The van der Waals surface area contributed by atoms with Gasteiger partial charge in [0.15, 0.2) is 5.82 Å². The van der Waals surface area contributed by atoms with E-state index in [-0.39, 0.29) is 24.2 Å². The van der Waals surface area contributed by atoms with E-state index in [4.69, 9.17) is 4.74 Å². The van der Waals surface area contributed by atoms with Gasteiger partial charge in [0.2, 0.25) is 5.91 Å². The van der Waals surface area contributed by atoms with Crippen molar-refractivity contribution >= 4 is 11.7 Å². The predicted octanol–water partition coefficient (Wildman–Crippen LogP) is 1.62. The number of fused-ring (bicyclic) bond motifs is 1. The zero-order chi connectivity index (χ0) is 17.9. The van der Waals surface area contributed by atoms with Crippen molar-refractivity contribution in [1.82, 2.24) is 20.5 Å². The van der Waals surface area contributed by atoms with Crippen LogP contribution in [0, 0.1) is 6.92 Å².